The first kappa shape index (κ1) is 15.9. The topological polar surface area (TPSA) is 27.7 Å². The lowest BCUT2D eigenvalue weighted by Gasteiger charge is -2.39. The third-order valence-electron chi connectivity index (χ3n) is 3.71. The van der Waals surface area contributed by atoms with Crippen LogP contribution in [0.25, 0.3) is 0 Å². The van der Waals surface area contributed by atoms with Gasteiger partial charge in [0.15, 0.2) is 0 Å². The van der Waals surface area contributed by atoms with Crippen LogP contribution in [-0.4, -0.2) is 74.9 Å². The average Bonchev–Trinajstić information content (AvgIpc) is 2.38. The van der Waals surface area contributed by atoms with Gasteiger partial charge in [0.2, 0.25) is 0 Å². The summed E-state index contributed by atoms with van der Waals surface area (Å²) in [7, 11) is 0. The Hall–Kier alpha value is -0.160. The van der Waals surface area contributed by atoms with E-state index in [4.69, 9.17) is 4.74 Å². The second kappa shape index (κ2) is 9.73. The summed E-state index contributed by atoms with van der Waals surface area (Å²) in [4.78, 5) is 5.14. The molecule has 4 nitrogen and oxygen atoms in total. The van der Waals surface area contributed by atoms with Gasteiger partial charge in [0, 0.05) is 52.0 Å². The fourth-order valence-electron chi connectivity index (χ4n) is 2.55. The first-order valence-corrected chi connectivity index (χ1v) is 7.52. The molecule has 0 bridgehead atoms. The zero-order chi connectivity index (χ0) is 13.2. The van der Waals surface area contributed by atoms with E-state index in [2.05, 4.69) is 29.0 Å². The van der Waals surface area contributed by atoms with Crippen LogP contribution in [-0.2, 0) is 4.74 Å². The highest BCUT2D eigenvalue weighted by Crippen LogP contribution is 2.07. The molecule has 0 spiro atoms. The molecule has 0 aromatic rings. The van der Waals surface area contributed by atoms with Crippen molar-refractivity contribution in [1.82, 2.24) is 15.1 Å². The third-order valence-corrected chi connectivity index (χ3v) is 3.71. The van der Waals surface area contributed by atoms with Crippen LogP contribution < -0.4 is 5.32 Å². The van der Waals surface area contributed by atoms with E-state index in [0.717, 1.165) is 32.7 Å². The Morgan fingerprint density at radius 3 is 2.72 bits per heavy atom. The Bertz CT molecular complexity index is 201. The van der Waals surface area contributed by atoms with Gasteiger partial charge < -0.3 is 10.1 Å². The van der Waals surface area contributed by atoms with Crippen molar-refractivity contribution < 1.29 is 4.74 Å². The van der Waals surface area contributed by atoms with E-state index in [9.17, 15) is 0 Å². The van der Waals surface area contributed by atoms with Gasteiger partial charge in [-0.3, -0.25) is 9.80 Å². The Labute approximate surface area is 113 Å². The summed E-state index contributed by atoms with van der Waals surface area (Å²) >= 11 is 0. The highest BCUT2D eigenvalue weighted by molar-refractivity contribution is 4.78. The fraction of sp³-hybridized carbons (Fsp3) is 1.00. The Kier molecular flexibility index (Phi) is 8.59. The van der Waals surface area contributed by atoms with Crippen molar-refractivity contribution in [3.8, 4) is 0 Å². The molecule has 1 N–H and O–H groups in total. The molecule has 4 heteroatoms. The fourth-order valence-corrected chi connectivity index (χ4v) is 2.55. The summed E-state index contributed by atoms with van der Waals surface area (Å²) in [6, 6.07) is 0.710. The Morgan fingerprint density at radius 2 is 2.06 bits per heavy atom. The van der Waals surface area contributed by atoms with Crippen molar-refractivity contribution in [3.63, 3.8) is 0 Å². The molecule has 1 unspecified atom stereocenters. The van der Waals surface area contributed by atoms with Gasteiger partial charge in [-0.15, -0.1) is 0 Å². The van der Waals surface area contributed by atoms with Crippen molar-refractivity contribution in [2.24, 2.45) is 0 Å². The summed E-state index contributed by atoms with van der Waals surface area (Å²) < 4.78 is 5.31. The third kappa shape index (κ3) is 6.14. The number of hydrogen-bond acceptors (Lipinski definition) is 4. The number of nitrogens with one attached hydrogen (secondary N) is 1. The standard InChI is InChI=1S/C14H31N3O/c1-4-17-11-10-16(13-14(17)3)9-8-15-7-6-12-18-5-2/h14-15H,4-13H2,1-3H3. The normalized spacial score (nSPS) is 22.5. The molecule has 108 valence electrons. The quantitative estimate of drug-likeness (QED) is 0.624. The minimum atomic E-state index is 0.710. The molecule has 0 amide bonds. The van der Waals surface area contributed by atoms with Gasteiger partial charge in [-0.2, -0.15) is 0 Å². The molecule has 1 heterocycles. The predicted octanol–water partition coefficient (Wildman–Crippen LogP) is 1.03. The maximum absolute atomic E-state index is 5.31. The van der Waals surface area contributed by atoms with Crippen molar-refractivity contribution in [1.29, 1.82) is 0 Å². The molecule has 1 saturated heterocycles. The molecule has 0 aromatic heterocycles. The molecule has 0 saturated carbocycles. The second-order valence-electron chi connectivity index (χ2n) is 5.08. The molecule has 1 fully saturated rings. The van der Waals surface area contributed by atoms with Crippen LogP contribution in [0.4, 0.5) is 0 Å². The molecule has 1 rings (SSSR count). The lowest BCUT2D eigenvalue weighted by molar-refractivity contribution is 0.0885. The van der Waals surface area contributed by atoms with Crippen LogP contribution in [0.15, 0.2) is 0 Å². The van der Waals surface area contributed by atoms with E-state index in [1.54, 1.807) is 0 Å². The number of ether oxygens (including phenoxy) is 1. The molecule has 0 aromatic carbocycles. The van der Waals surface area contributed by atoms with Gasteiger partial charge in [0.25, 0.3) is 0 Å². The van der Waals surface area contributed by atoms with Crippen LogP contribution in [0.2, 0.25) is 0 Å². The Morgan fingerprint density at radius 1 is 1.22 bits per heavy atom. The molecule has 1 atom stereocenters. The SMILES string of the molecule is CCOCCCNCCN1CCN(CC)C(C)C1. The van der Waals surface area contributed by atoms with E-state index >= 15 is 0 Å². The summed E-state index contributed by atoms with van der Waals surface area (Å²) in [6.45, 7) is 16.6. The molecular weight excluding hydrogens is 226 g/mol. The zero-order valence-corrected chi connectivity index (χ0v) is 12.5. The number of hydrogen-bond donors (Lipinski definition) is 1. The van der Waals surface area contributed by atoms with Crippen LogP contribution in [0.5, 0.6) is 0 Å². The molecule has 1 aliphatic heterocycles. The van der Waals surface area contributed by atoms with Gasteiger partial charge in [-0.1, -0.05) is 6.92 Å². The van der Waals surface area contributed by atoms with Crippen LogP contribution in [0.3, 0.4) is 0 Å². The van der Waals surface area contributed by atoms with E-state index in [-0.39, 0.29) is 0 Å². The molecule has 0 aliphatic carbocycles. The zero-order valence-electron chi connectivity index (χ0n) is 12.5. The number of likely N-dealkylation sites (N-methyl/N-ethyl adjacent to an activating group) is 1. The smallest absolute Gasteiger partial charge is 0.0477 e. The van der Waals surface area contributed by atoms with E-state index < -0.39 is 0 Å². The summed E-state index contributed by atoms with van der Waals surface area (Å²) in [5.74, 6) is 0. The van der Waals surface area contributed by atoms with Crippen molar-refractivity contribution in [3.05, 3.63) is 0 Å². The summed E-state index contributed by atoms with van der Waals surface area (Å²) in [5.41, 5.74) is 0. The largest absolute Gasteiger partial charge is 0.382 e. The first-order valence-electron chi connectivity index (χ1n) is 7.52. The molecule has 1 aliphatic rings. The highest BCUT2D eigenvalue weighted by atomic mass is 16.5. The first-order chi connectivity index (χ1) is 8.77. The lowest BCUT2D eigenvalue weighted by Crippen LogP contribution is -2.52. The van der Waals surface area contributed by atoms with E-state index in [0.29, 0.717) is 6.04 Å². The molecular formula is C14H31N3O. The van der Waals surface area contributed by atoms with Gasteiger partial charge in [0.1, 0.15) is 0 Å². The predicted molar refractivity (Wildman–Crippen MR) is 77.1 cm³/mol. The minimum absolute atomic E-state index is 0.710. The maximum atomic E-state index is 5.31. The van der Waals surface area contributed by atoms with Gasteiger partial charge in [-0.25, -0.2) is 0 Å². The van der Waals surface area contributed by atoms with Crippen LogP contribution >= 0.6 is 0 Å². The van der Waals surface area contributed by atoms with Crippen molar-refractivity contribution >= 4 is 0 Å². The summed E-state index contributed by atoms with van der Waals surface area (Å²) in [5, 5.41) is 3.50. The van der Waals surface area contributed by atoms with E-state index in [1.165, 1.54) is 32.7 Å². The van der Waals surface area contributed by atoms with Gasteiger partial charge >= 0.3 is 0 Å². The van der Waals surface area contributed by atoms with Gasteiger partial charge in [0.05, 0.1) is 0 Å². The number of piperazine rings is 1. The van der Waals surface area contributed by atoms with E-state index in [1.807, 2.05) is 6.92 Å². The Balaban J connectivity index is 1.97. The maximum Gasteiger partial charge on any atom is 0.0477 e. The monoisotopic (exact) mass is 257 g/mol. The van der Waals surface area contributed by atoms with Crippen molar-refractivity contribution in [2.75, 3.05) is 59.0 Å². The lowest BCUT2D eigenvalue weighted by atomic mass is 10.2. The number of rotatable bonds is 9. The van der Waals surface area contributed by atoms with Crippen LogP contribution in [0, 0.1) is 0 Å². The summed E-state index contributed by atoms with van der Waals surface area (Å²) in [6.07, 6.45) is 1.12. The number of nitrogens with zero attached hydrogens (tertiary/aromatic N) is 2. The van der Waals surface area contributed by atoms with Crippen LogP contribution in [0.1, 0.15) is 27.2 Å². The average molecular weight is 257 g/mol. The van der Waals surface area contributed by atoms with Crippen molar-refractivity contribution in [2.45, 2.75) is 33.2 Å². The van der Waals surface area contributed by atoms with Gasteiger partial charge in [-0.05, 0) is 33.4 Å². The highest BCUT2D eigenvalue weighted by Gasteiger charge is 2.21. The molecule has 18 heavy (non-hydrogen) atoms. The minimum Gasteiger partial charge on any atom is -0.382 e. The molecule has 0 radical (unpaired) electrons. The second-order valence-corrected chi connectivity index (χ2v) is 5.08.